The Kier molecular flexibility index (Phi) is 8.78. The molecule has 1 rings (SSSR count). The molecule has 0 radical (unpaired) electrons. The van der Waals surface area contributed by atoms with Crippen LogP contribution in [-0.4, -0.2) is 65.6 Å². The summed E-state index contributed by atoms with van der Waals surface area (Å²) in [5, 5.41) is 3.32. The molecule has 0 aromatic heterocycles. The van der Waals surface area contributed by atoms with Crippen LogP contribution in [0.2, 0.25) is 0 Å². The average Bonchev–Trinajstić information content (AvgIpc) is 2.47. The molecular weight excluding hydrogens is 256 g/mol. The Hall–Kier alpha value is -1.30. The van der Waals surface area contributed by atoms with Crippen molar-refractivity contribution in [1.29, 1.82) is 0 Å². The number of methoxy groups -OCH3 is 2. The van der Waals surface area contributed by atoms with Crippen LogP contribution in [0.25, 0.3) is 0 Å². The molecule has 0 spiro atoms. The SMILES string of the molecule is COCCNCCN(C)CCOc1ccccc1OC. The van der Waals surface area contributed by atoms with Crippen molar-refractivity contribution < 1.29 is 14.2 Å². The van der Waals surface area contributed by atoms with Crippen LogP contribution in [0.5, 0.6) is 11.5 Å². The zero-order valence-electron chi connectivity index (χ0n) is 12.7. The Bertz CT molecular complexity index is 361. The maximum atomic E-state index is 5.74. The fourth-order valence-electron chi connectivity index (χ4n) is 1.73. The third-order valence-corrected chi connectivity index (χ3v) is 2.95. The van der Waals surface area contributed by atoms with Gasteiger partial charge in [0.05, 0.1) is 13.7 Å². The van der Waals surface area contributed by atoms with Crippen molar-refractivity contribution in [2.45, 2.75) is 0 Å². The lowest BCUT2D eigenvalue weighted by Gasteiger charge is -2.17. The van der Waals surface area contributed by atoms with Gasteiger partial charge in [0, 0.05) is 33.3 Å². The molecule has 0 saturated heterocycles. The number of para-hydroxylation sites is 2. The highest BCUT2D eigenvalue weighted by Crippen LogP contribution is 2.25. The Labute approximate surface area is 121 Å². The van der Waals surface area contributed by atoms with Gasteiger partial charge in [-0.3, -0.25) is 0 Å². The minimum atomic E-state index is 0.648. The highest BCUT2D eigenvalue weighted by molar-refractivity contribution is 5.39. The van der Waals surface area contributed by atoms with Crippen LogP contribution < -0.4 is 14.8 Å². The smallest absolute Gasteiger partial charge is 0.161 e. The summed E-state index contributed by atoms with van der Waals surface area (Å²) in [6, 6.07) is 7.70. The van der Waals surface area contributed by atoms with Crippen molar-refractivity contribution in [2.24, 2.45) is 0 Å². The van der Waals surface area contributed by atoms with Gasteiger partial charge in [-0.05, 0) is 19.2 Å². The van der Waals surface area contributed by atoms with Crippen molar-refractivity contribution in [2.75, 3.05) is 60.7 Å². The fourth-order valence-corrected chi connectivity index (χ4v) is 1.73. The Morgan fingerprint density at radius 1 is 1.00 bits per heavy atom. The third kappa shape index (κ3) is 6.75. The molecule has 5 heteroatoms. The standard InChI is InChI=1S/C15H26N2O3/c1-17(10-8-16-9-12-18-2)11-13-20-15-7-5-4-6-14(15)19-3/h4-7,16H,8-13H2,1-3H3. The third-order valence-electron chi connectivity index (χ3n) is 2.95. The first-order valence-electron chi connectivity index (χ1n) is 6.92. The summed E-state index contributed by atoms with van der Waals surface area (Å²) in [5.41, 5.74) is 0. The van der Waals surface area contributed by atoms with Crippen molar-refractivity contribution in [3.05, 3.63) is 24.3 Å². The minimum absolute atomic E-state index is 0.648. The molecule has 1 N–H and O–H groups in total. The topological polar surface area (TPSA) is 43.0 Å². The van der Waals surface area contributed by atoms with Gasteiger partial charge in [0.25, 0.3) is 0 Å². The lowest BCUT2D eigenvalue weighted by molar-refractivity contribution is 0.195. The zero-order chi connectivity index (χ0) is 14.6. The number of benzene rings is 1. The molecule has 20 heavy (non-hydrogen) atoms. The van der Waals surface area contributed by atoms with Crippen LogP contribution in [0.3, 0.4) is 0 Å². The Morgan fingerprint density at radius 3 is 2.45 bits per heavy atom. The monoisotopic (exact) mass is 282 g/mol. The molecule has 0 saturated carbocycles. The van der Waals surface area contributed by atoms with Gasteiger partial charge >= 0.3 is 0 Å². The first kappa shape index (κ1) is 16.8. The van der Waals surface area contributed by atoms with E-state index in [1.165, 1.54) is 0 Å². The van der Waals surface area contributed by atoms with Crippen LogP contribution in [0.4, 0.5) is 0 Å². The van der Waals surface area contributed by atoms with Gasteiger partial charge in [-0.25, -0.2) is 0 Å². The van der Waals surface area contributed by atoms with Crippen LogP contribution >= 0.6 is 0 Å². The molecule has 0 bridgehead atoms. The summed E-state index contributed by atoms with van der Waals surface area (Å²) in [4.78, 5) is 2.23. The maximum Gasteiger partial charge on any atom is 0.161 e. The second-order valence-corrected chi connectivity index (χ2v) is 4.55. The molecular formula is C15H26N2O3. The number of ether oxygens (including phenoxy) is 3. The molecule has 114 valence electrons. The van der Waals surface area contributed by atoms with Gasteiger partial charge in [-0.2, -0.15) is 0 Å². The van der Waals surface area contributed by atoms with E-state index < -0.39 is 0 Å². The summed E-state index contributed by atoms with van der Waals surface area (Å²) in [6.45, 7) is 5.11. The van der Waals surface area contributed by atoms with Crippen molar-refractivity contribution in [3.8, 4) is 11.5 Å². The number of hydrogen-bond donors (Lipinski definition) is 1. The summed E-state index contributed by atoms with van der Waals surface area (Å²) >= 11 is 0. The number of nitrogens with one attached hydrogen (secondary N) is 1. The summed E-state index contributed by atoms with van der Waals surface area (Å²) in [5.74, 6) is 1.57. The summed E-state index contributed by atoms with van der Waals surface area (Å²) < 4.78 is 16.0. The highest BCUT2D eigenvalue weighted by atomic mass is 16.5. The Balaban J connectivity index is 2.13. The second-order valence-electron chi connectivity index (χ2n) is 4.55. The molecule has 0 amide bonds. The van der Waals surface area contributed by atoms with Crippen LogP contribution in [0.1, 0.15) is 0 Å². The molecule has 0 aliphatic rings. The largest absolute Gasteiger partial charge is 0.493 e. The van der Waals surface area contributed by atoms with E-state index >= 15 is 0 Å². The molecule has 0 unspecified atom stereocenters. The van der Waals surface area contributed by atoms with Crippen LogP contribution in [-0.2, 0) is 4.74 Å². The van der Waals surface area contributed by atoms with Crippen molar-refractivity contribution >= 4 is 0 Å². The quantitative estimate of drug-likeness (QED) is 0.619. The normalized spacial score (nSPS) is 10.8. The maximum absolute atomic E-state index is 5.74. The van der Waals surface area contributed by atoms with Gasteiger partial charge in [-0.1, -0.05) is 12.1 Å². The lowest BCUT2D eigenvalue weighted by atomic mass is 10.3. The van der Waals surface area contributed by atoms with Crippen molar-refractivity contribution in [1.82, 2.24) is 10.2 Å². The van der Waals surface area contributed by atoms with E-state index in [2.05, 4.69) is 17.3 Å². The van der Waals surface area contributed by atoms with E-state index in [-0.39, 0.29) is 0 Å². The first-order valence-corrected chi connectivity index (χ1v) is 6.92. The van der Waals surface area contributed by atoms with Gasteiger partial charge in [-0.15, -0.1) is 0 Å². The number of hydrogen-bond acceptors (Lipinski definition) is 5. The van der Waals surface area contributed by atoms with Gasteiger partial charge < -0.3 is 24.4 Å². The minimum Gasteiger partial charge on any atom is -0.493 e. The highest BCUT2D eigenvalue weighted by Gasteiger charge is 2.03. The molecule has 1 aromatic rings. The Morgan fingerprint density at radius 2 is 1.75 bits per heavy atom. The van der Waals surface area contributed by atoms with Gasteiger partial charge in [0.15, 0.2) is 11.5 Å². The summed E-state index contributed by atoms with van der Waals surface area (Å²) in [6.07, 6.45) is 0. The molecule has 0 atom stereocenters. The van der Waals surface area contributed by atoms with E-state index in [4.69, 9.17) is 14.2 Å². The van der Waals surface area contributed by atoms with Gasteiger partial charge in [0.2, 0.25) is 0 Å². The molecule has 0 heterocycles. The molecule has 0 aliphatic carbocycles. The number of rotatable bonds is 11. The summed E-state index contributed by atoms with van der Waals surface area (Å²) in [7, 11) is 5.45. The molecule has 0 fully saturated rings. The number of nitrogens with zero attached hydrogens (tertiary/aromatic N) is 1. The van der Waals surface area contributed by atoms with E-state index in [0.29, 0.717) is 6.61 Å². The van der Waals surface area contributed by atoms with E-state index in [1.54, 1.807) is 14.2 Å². The van der Waals surface area contributed by atoms with Crippen molar-refractivity contribution in [3.63, 3.8) is 0 Å². The first-order chi connectivity index (χ1) is 9.77. The number of likely N-dealkylation sites (N-methyl/N-ethyl adjacent to an activating group) is 1. The molecule has 5 nitrogen and oxygen atoms in total. The van der Waals surface area contributed by atoms with E-state index in [0.717, 1.165) is 44.3 Å². The van der Waals surface area contributed by atoms with Crippen LogP contribution in [0.15, 0.2) is 24.3 Å². The van der Waals surface area contributed by atoms with E-state index in [1.807, 2.05) is 24.3 Å². The predicted octanol–water partition coefficient (Wildman–Crippen LogP) is 1.24. The predicted molar refractivity (Wildman–Crippen MR) is 80.7 cm³/mol. The second kappa shape index (κ2) is 10.5. The molecule has 0 aliphatic heterocycles. The lowest BCUT2D eigenvalue weighted by Crippen LogP contribution is -2.33. The van der Waals surface area contributed by atoms with E-state index in [9.17, 15) is 0 Å². The fraction of sp³-hybridized carbons (Fsp3) is 0.600. The molecule has 1 aromatic carbocycles. The average molecular weight is 282 g/mol. The van der Waals surface area contributed by atoms with Crippen LogP contribution in [0, 0.1) is 0 Å². The zero-order valence-corrected chi connectivity index (χ0v) is 12.7. The van der Waals surface area contributed by atoms with Gasteiger partial charge in [0.1, 0.15) is 6.61 Å².